The Bertz CT molecular complexity index is 919. The van der Waals surface area contributed by atoms with Crippen LogP contribution in [0.1, 0.15) is 25.3 Å². The molecule has 3 aromatic rings. The molecule has 1 aliphatic heterocycles. The van der Waals surface area contributed by atoms with E-state index in [9.17, 15) is 4.79 Å². The number of H-pyrrole nitrogens is 1. The number of hydrogen-bond acceptors (Lipinski definition) is 5. The third kappa shape index (κ3) is 2.21. The summed E-state index contributed by atoms with van der Waals surface area (Å²) in [5, 5.41) is 17.1. The van der Waals surface area contributed by atoms with Crippen molar-refractivity contribution in [2.24, 2.45) is 0 Å². The van der Waals surface area contributed by atoms with Crippen LogP contribution in [0.5, 0.6) is 0 Å². The fourth-order valence-electron chi connectivity index (χ4n) is 3.26. The van der Waals surface area contributed by atoms with E-state index in [0.717, 1.165) is 29.3 Å². The van der Waals surface area contributed by atoms with Gasteiger partial charge in [0.15, 0.2) is 5.65 Å². The van der Waals surface area contributed by atoms with Crippen molar-refractivity contribution in [1.82, 2.24) is 29.9 Å². The quantitative estimate of drug-likeness (QED) is 0.770. The lowest BCUT2D eigenvalue weighted by Crippen LogP contribution is -2.40. The summed E-state index contributed by atoms with van der Waals surface area (Å²) in [5.41, 5.74) is 2.44. The molecule has 4 heterocycles. The molecule has 4 rings (SSSR count). The summed E-state index contributed by atoms with van der Waals surface area (Å²) in [6.45, 7) is 1.29. The number of piperidine rings is 1. The molecule has 3 aromatic heterocycles. The first-order valence-corrected chi connectivity index (χ1v) is 7.58. The highest BCUT2D eigenvalue weighted by molar-refractivity contribution is 6.00. The molecule has 1 aliphatic rings. The topological polar surface area (TPSA) is 103 Å². The summed E-state index contributed by atoms with van der Waals surface area (Å²) in [7, 11) is 0. The third-order valence-electron chi connectivity index (χ3n) is 4.35. The van der Waals surface area contributed by atoms with Gasteiger partial charge in [0.1, 0.15) is 11.9 Å². The highest BCUT2D eigenvalue weighted by Gasteiger charge is 2.26. The van der Waals surface area contributed by atoms with Gasteiger partial charge in [0.2, 0.25) is 5.91 Å². The minimum Gasteiger partial charge on any atom is -0.340 e. The number of hydrogen-bond donors (Lipinski definition) is 1. The first-order chi connectivity index (χ1) is 11.3. The SMILES string of the molecule is N#CCC(=O)N1CCCC(n2[nH]nc3cnc4nccc4c32)C1. The number of nitrogens with one attached hydrogen (secondary N) is 1. The molecule has 1 N–H and O–H groups in total. The second kappa shape index (κ2) is 5.35. The number of nitriles is 1. The zero-order valence-corrected chi connectivity index (χ0v) is 12.4. The molecule has 0 bridgehead atoms. The van der Waals surface area contributed by atoms with E-state index in [0.29, 0.717) is 18.7 Å². The molecule has 1 amide bonds. The van der Waals surface area contributed by atoms with Crippen molar-refractivity contribution in [2.75, 3.05) is 13.1 Å². The maximum absolute atomic E-state index is 12.0. The minimum absolute atomic E-state index is 0.0674. The molecular formula is C15H15N7O. The third-order valence-corrected chi connectivity index (χ3v) is 4.35. The summed E-state index contributed by atoms with van der Waals surface area (Å²) in [4.78, 5) is 22.3. The molecule has 0 spiro atoms. The molecule has 0 aromatic carbocycles. The van der Waals surface area contributed by atoms with Crippen LogP contribution in [0.4, 0.5) is 0 Å². The number of aromatic nitrogens is 5. The van der Waals surface area contributed by atoms with Crippen LogP contribution in [0.25, 0.3) is 22.1 Å². The fraction of sp³-hybridized carbons (Fsp3) is 0.400. The van der Waals surface area contributed by atoms with Gasteiger partial charge in [-0.05, 0) is 18.9 Å². The van der Waals surface area contributed by atoms with E-state index in [-0.39, 0.29) is 18.4 Å². The Labute approximate surface area is 131 Å². The molecular weight excluding hydrogens is 294 g/mol. The van der Waals surface area contributed by atoms with Crippen molar-refractivity contribution in [3.05, 3.63) is 18.5 Å². The van der Waals surface area contributed by atoms with Crippen molar-refractivity contribution >= 4 is 28.0 Å². The molecule has 0 aliphatic carbocycles. The molecule has 0 saturated carbocycles. The highest BCUT2D eigenvalue weighted by Crippen LogP contribution is 2.28. The van der Waals surface area contributed by atoms with E-state index in [1.807, 2.05) is 16.8 Å². The zero-order valence-electron chi connectivity index (χ0n) is 12.4. The second-order valence-corrected chi connectivity index (χ2v) is 5.73. The predicted octanol–water partition coefficient (Wildman–Crippen LogP) is 1.38. The summed E-state index contributed by atoms with van der Waals surface area (Å²) < 4.78 is 2.01. The van der Waals surface area contributed by atoms with Gasteiger partial charge in [0.05, 0.1) is 23.8 Å². The van der Waals surface area contributed by atoms with E-state index in [4.69, 9.17) is 5.26 Å². The lowest BCUT2D eigenvalue weighted by Gasteiger charge is -2.33. The van der Waals surface area contributed by atoms with Crippen molar-refractivity contribution in [3.63, 3.8) is 0 Å². The van der Waals surface area contributed by atoms with E-state index >= 15 is 0 Å². The smallest absolute Gasteiger partial charge is 0.236 e. The first-order valence-electron chi connectivity index (χ1n) is 7.58. The van der Waals surface area contributed by atoms with Crippen LogP contribution < -0.4 is 0 Å². The molecule has 1 saturated heterocycles. The molecule has 0 radical (unpaired) electrons. The summed E-state index contributed by atoms with van der Waals surface area (Å²) >= 11 is 0. The van der Waals surface area contributed by atoms with Crippen LogP contribution in [0.3, 0.4) is 0 Å². The van der Waals surface area contributed by atoms with E-state index in [1.165, 1.54) is 0 Å². The van der Waals surface area contributed by atoms with E-state index in [2.05, 4.69) is 20.3 Å². The molecule has 1 fully saturated rings. The minimum atomic E-state index is -0.108. The Morgan fingerprint density at radius 2 is 2.39 bits per heavy atom. The molecule has 8 nitrogen and oxygen atoms in total. The average molecular weight is 309 g/mol. The second-order valence-electron chi connectivity index (χ2n) is 5.73. The lowest BCUT2D eigenvalue weighted by molar-refractivity contribution is -0.131. The Hall–Kier alpha value is -2.95. The highest BCUT2D eigenvalue weighted by atomic mass is 16.2. The van der Waals surface area contributed by atoms with Crippen LogP contribution in [-0.2, 0) is 4.79 Å². The number of aromatic amines is 1. The van der Waals surface area contributed by atoms with Crippen LogP contribution in [-0.4, -0.2) is 48.9 Å². The van der Waals surface area contributed by atoms with Gasteiger partial charge in [-0.2, -0.15) is 10.4 Å². The normalized spacial score (nSPS) is 18.4. The van der Waals surface area contributed by atoms with Crippen molar-refractivity contribution in [2.45, 2.75) is 25.3 Å². The van der Waals surface area contributed by atoms with Crippen LogP contribution in [0, 0.1) is 11.3 Å². The fourth-order valence-corrected chi connectivity index (χ4v) is 3.26. The number of carbonyl (C=O) groups is 1. The molecule has 1 unspecified atom stereocenters. The summed E-state index contributed by atoms with van der Waals surface area (Å²) in [6, 6.07) is 3.97. The standard InChI is InChI=1S/C15H15N7O/c16-5-3-13(23)21-7-1-2-10(9-21)22-14-11-4-6-17-15(11)18-8-12(14)19-20-22/h4,6,8,10,20H,1-3,7,9H2. The maximum atomic E-state index is 12.0. The van der Waals surface area contributed by atoms with Crippen molar-refractivity contribution in [3.8, 4) is 6.07 Å². The zero-order chi connectivity index (χ0) is 15.8. The number of carbonyl (C=O) groups excluding carboxylic acids is 1. The van der Waals surface area contributed by atoms with Crippen molar-refractivity contribution < 1.29 is 4.79 Å². The number of amides is 1. The molecule has 23 heavy (non-hydrogen) atoms. The first kappa shape index (κ1) is 13.7. The van der Waals surface area contributed by atoms with Gasteiger partial charge < -0.3 is 4.90 Å². The largest absolute Gasteiger partial charge is 0.340 e. The molecule has 116 valence electrons. The van der Waals surface area contributed by atoms with E-state index in [1.54, 1.807) is 17.3 Å². The van der Waals surface area contributed by atoms with Crippen LogP contribution >= 0.6 is 0 Å². The maximum Gasteiger partial charge on any atom is 0.236 e. The average Bonchev–Trinajstić information content (AvgIpc) is 3.21. The Morgan fingerprint density at radius 3 is 3.26 bits per heavy atom. The number of likely N-dealkylation sites (tertiary alicyclic amines) is 1. The lowest BCUT2D eigenvalue weighted by atomic mass is 10.1. The van der Waals surface area contributed by atoms with Crippen LogP contribution in [0.15, 0.2) is 18.5 Å². The van der Waals surface area contributed by atoms with Gasteiger partial charge in [-0.15, -0.1) is 0 Å². The monoisotopic (exact) mass is 309 g/mol. The van der Waals surface area contributed by atoms with Crippen molar-refractivity contribution in [1.29, 1.82) is 5.26 Å². The Kier molecular flexibility index (Phi) is 3.19. The van der Waals surface area contributed by atoms with Gasteiger partial charge in [-0.3, -0.25) is 9.48 Å². The van der Waals surface area contributed by atoms with Gasteiger partial charge in [-0.25, -0.2) is 15.2 Å². The molecule has 1 atom stereocenters. The van der Waals surface area contributed by atoms with Crippen LogP contribution in [0.2, 0.25) is 0 Å². The number of nitrogens with zero attached hydrogens (tertiary/aromatic N) is 6. The predicted molar refractivity (Wildman–Crippen MR) is 82.3 cm³/mol. The number of fused-ring (bicyclic) bond motifs is 3. The molecule has 8 heteroatoms. The summed E-state index contributed by atoms with van der Waals surface area (Å²) in [6.07, 6.45) is 5.23. The van der Waals surface area contributed by atoms with Gasteiger partial charge in [0, 0.05) is 24.7 Å². The van der Waals surface area contributed by atoms with Gasteiger partial charge in [0.25, 0.3) is 0 Å². The number of pyridine rings is 1. The Balaban J connectivity index is 1.72. The van der Waals surface area contributed by atoms with Gasteiger partial charge >= 0.3 is 0 Å². The number of rotatable bonds is 2. The summed E-state index contributed by atoms with van der Waals surface area (Å²) in [5.74, 6) is -0.108. The van der Waals surface area contributed by atoms with E-state index < -0.39 is 0 Å². The Morgan fingerprint density at radius 1 is 1.48 bits per heavy atom. The van der Waals surface area contributed by atoms with Gasteiger partial charge in [-0.1, -0.05) is 0 Å².